The van der Waals surface area contributed by atoms with E-state index in [1.54, 1.807) is 12.1 Å². The number of hydrogen-bond donors (Lipinski definition) is 1. The average Bonchev–Trinajstić information content (AvgIpc) is 3.84. The van der Waals surface area contributed by atoms with Crippen molar-refractivity contribution in [1.29, 1.82) is 0 Å². The van der Waals surface area contributed by atoms with Crippen LogP contribution in [0.5, 0.6) is 0 Å². The first-order valence-electron chi connectivity index (χ1n) is 22.2. The van der Waals surface area contributed by atoms with Gasteiger partial charge in [-0.3, -0.25) is 10.1 Å². The van der Waals surface area contributed by atoms with Crippen LogP contribution in [0.3, 0.4) is 0 Å². The van der Waals surface area contributed by atoms with E-state index in [2.05, 4.69) is 272 Å². The number of nitro groups is 1. The van der Waals surface area contributed by atoms with Gasteiger partial charge in [0.15, 0.2) is 0 Å². The molecule has 13 heteroatoms. The fourth-order valence-corrected chi connectivity index (χ4v) is 10.6. The molecule has 0 aliphatic heterocycles. The molecule has 1 unspecified atom stereocenters. The maximum atomic E-state index is 11.0. The molecule has 0 aliphatic carbocycles. The molecule has 0 bridgehead atoms. The van der Waals surface area contributed by atoms with E-state index < -0.39 is 0 Å². The molecule has 5 nitrogen and oxygen atoms in total. The normalized spacial score (nSPS) is 11.4. The lowest BCUT2D eigenvalue weighted by Gasteiger charge is -2.17. The SMILES string of the molecule is Brc1ccc(-c2ccc(Br)cc2)cc1.Brc1ccc2c(c1)[nH]c1cc(Br)ccc12.CCCCC(CC)Cn1c2cc(Br)ccc2c2ccc(Br)cc21.O=[N+]([O-])c1cc(Br)ccc1-c1ccc(Br)cc1. The van der Waals surface area contributed by atoms with Crippen LogP contribution in [0.2, 0.25) is 0 Å². The Morgan fingerprint density at radius 3 is 1.28 bits per heavy atom. The lowest BCUT2D eigenvalue weighted by atomic mass is 9.99. The summed E-state index contributed by atoms with van der Waals surface area (Å²) in [4.78, 5) is 14.0. The van der Waals surface area contributed by atoms with Crippen molar-refractivity contribution in [1.82, 2.24) is 9.55 Å². The van der Waals surface area contributed by atoms with Crippen molar-refractivity contribution >= 4 is 177 Å². The molecular formula is C56H45Br8N3O2. The third-order valence-corrected chi connectivity index (χ3v) is 15.7. The van der Waals surface area contributed by atoms with Crippen molar-refractivity contribution in [2.45, 2.75) is 46.1 Å². The largest absolute Gasteiger partial charge is 0.354 e. The number of rotatable bonds is 9. The van der Waals surface area contributed by atoms with Crippen molar-refractivity contribution in [2.75, 3.05) is 0 Å². The van der Waals surface area contributed by atoms with E-state index in [1.807, 2.05) is 24.3 Å². The summed E-state index contributed by atoms with van der Waals surface area (Å²) in [5, 5.41) is 16.2. The van der Waals surface area contributed by atoms with E-state index in [9.17, 15) is 10.1 Å². The second kappa shape index (κ2) is 25.3. The van der Waals surface area contributed by atoms with Gasteiger partial charge < -0.3 is 9.55 Å². The number of aromatic amines is 1. The van der Waals surface area contributed by atoms with Crippen LogP contribution in [0.1, 0.15) is 39.5 Å². The van der Waals surface area contributed by atoms with Gasteiger partial charge in [0.25, 0.3) is 5.69 Å². The molecule has 0 radical (unpaired) electrons. The molecule has 10 rings (SSSR count). The molecule has 69 heavy (non-hydrogen) atoms. The predicted octanol–water partition coefficient (Wildman–Crippen LogP) is 22.0. The Morgan fingerprint density at radius 2 is 0.855 bits per heavy atom. The topological polar surface area (TPSA) is 63.9 Å². The number of unbranched alkanes of at least 4 members (excludes halogenated alkanes) is 1. The summed E-state index contributed by atoms with van der Waals surface area (Å²) in [6.07, 6.45) is 5.16. The van der Waals surface area contributed by atoms with E-state index in [0.717, 1.165) is 60.4 Å². The van der Waals surface area contributed by atoms with E-state index in [4.69, 9.17) is 0 Å². The highest BCUT2D eigenvalue weighted by atomic mass is 79.9. The molecule has 2 heterocycles. The maximum absolute atomic E-state index is 11.0. The highest BCUT2D eigenvalue weighted by molar-refractivity contribution is 9.11. The Balaban J connectivity index is 0.000000138. The van der Waals surface area contributed by atoms with Gasteiger partial charge in [-0.15, -0.1) is 0 Å². The van der Waals surface area contributed by atoms with Gasteiger partial charge >= 0.3 is 0 Å². The summed E-state index contributed by atoms with van der Waals surface area (Å²) >= 11 is 27.6. The van der Waals surface area contributed by atoms with Crippen LogP contribution >= 0.6 is 127 Å². The molecule has 0 fully saturated rings. The third kappa shape index (κ3) is 14.2. The van der Waals surface area contributed by atoms with Crippen LogP contribution in [-0.2, 0) is 6.54 Å². The van der Waals surface area contributed by atoms with Crippen LogP contribution in [-0.4, -0.2) is 14.5 Å². The second-order valence-electron chi connectivity index (χ2n) is 16.3. The minimum absolute atomic E-state index is 0.0988. The van der Waals surface area contributed by atoms with Gasteiger partial charge in [-0.2, -0.15) is 0 Å². The summed E-state index contributed by atoms with van der Waals surface area (Å²) in [5.74, 6) is 0.742. The number of nitrogens with zero attached hydrogens (tertiary/aromatic N) is 2. The Labute approximate surface area is 470 Å². The van der Waals surface area contributed by atoms with Gasteiger partial charge in [0, 0.05) is 81.0 Å². The molecule has 0 spiro atoms. The van der Waals surface area contributed by atoms with E-state index in [-0.39, 0.29) is 10.6 Å². The number of hydrogen-bond acceptors (Lipinski definition) is 2. The quantitative estimate of drug-likeness (QED) is 0.116. The first-order valence-corrected chi connectivity index (χ1v) is 28.5. The van der Waals surface area contributed by atoms with Gasteiger partial charge in [-0.1, -0.05) is 221 Å². The number of H-pyrrole nitrogens is 1. The molecular weight excluding hydrogens is 1390 g/mol. The molecule has 2 aromatic heterocycles. The summed E-state index contributed by atoms with van der Waals surface area (Å²) < 4.78 is 10.9. The number of benzene rings is 8. The van der Waals surface area contributed by atoms with Crippen LogP contribution in [0, 0.1) is 16.0 Å². The standard InChI is InChI=1S/C20H23Br2N.C12H7Br2NO2.C12H7Br2N.C12H8Br2/c1-3-5-6-14(4-2)13-23-19-11-15(21)7-9-17(19)18-10-8-16(22)12-20(18)23;13-9-3-1-8(2-4-9)11-6-5-10(14)7-12(11)15(16)17;13-7-1-3-9-10-4-2-8(14)6-12(10)15-11(9)5-7;13-11-5-1-9(2-6-11)10-3-7-12(14)8-4-10/h7-12,14H,3-6,13H2,1-2H3;1-7H;1-6,15H;1-8H. The molecule has 352 valence electrons. The second-order valence-corrected chi connectivity index (χ2v) is 23.6. The van der Waals surface area contributed by atoms with Gasteiger partial charge in [-0.25, -0.2) is 0 Å². The Morgan fingerprint density at radius 1 is 0.478 bits per heavy atom. The minimum Gasteiger partial charge on any atom is -0.354 e. The lowest BCUT2D eigenvalue weighted by Crippen LogP contribution is -2.10. The highest BCUT2D eigenvalue weighted by Gasteiger charge is 2.17. The zero-order valence-electron chi connectivity index (χ0n) is 37.4. The third-order valence-electron chi connectivity index (χ3n) is 11.6. The highest BCUT2D eigenvalue weighted by Crippen LogP contribution is 2.36. The van der Waals surface area contributed by atoms with Crippen LogP contribution in [0.4, 0.5) is 5.69 Å². The summed E-state index contributed by atoms with van der Waals surface area (Å²) in [7, 11) is 0. The van der Waals surface area contributed by atoms with Crippen molar-refractivity contribution in [2.24, 2.45) is 5.92 Å². The molecule has 1 N–H and O–H groups in total. The Hall–Kier alpha value is -3.40. The number of aromatic nitrogens is 2. The molecule has 8 aromatic carbocycles. The van der Waals surface area contributed by atoms with Crippen molar-refractivity contribution in [3.63, 3.8) is 0 Å². The molecule has 0 amide bonds. The van der Waals surface area contributed by atoms with Crippen LogP contribution in [0.15, 0.2) is 200 Å². The van der Waals surface area contributed by atoms with E-state index in [1.165, 1.54) is 75.5 Å². The van der Waals surface area contributed by atoms with Crippen molar-refractivity contribution < 1.29 is 4.92 Å². The zero-order chi connectivity index (χ0) is 49.2. The summed E-state index contributed by atoms with van der Waals surface area (Å²) in [6.45, 7) is 5.70. The van der Waals surface area contributed by atoms with Crippen molar-refractivity contribution in [3.05, 3.63) is 210 Å². The molecule has 0 saturated carbocycles. The number of nitrogens with one attached hydrogen (secondary N) is 1. The summed E-state index contributed by atoms with van der Waals surface area (Å²) in [6, 6.07) is 55.0. The van der Waals surface area contributed by atoms with Crippen molar-refractivity contribution in [3.8, 4) is 22.3 Å². The van der Waals surface area contributed by atoms with Gasteiger partial charge in [0.05, 0.1) is 21.5 Å². The molecule has 10 aromatic rings. The first kappa shape index (κ1) is 53.4. The first-order chi connectivity index (χ1) is 33.2. The fraction of sp³-hybridized carbons (Fsp3) is 0.143. The van der Waals surface area contributed by atoms with Crippen LogP contribution < -0.4 is 0 Å². The Kier molecular flexibility index (Phi) is 19.6. The van der Waals surface area contributed by atoms with Crippen LogP contribution in [0.25, 0.3) is 65.9 Å². The Bertz CT molecular complexity index is 3190. The zero-order valence-corrected chi connectivity index (χ0v) is 50.1. The van der Waals surface area contributed by atoms with E-state index in [0.29, 0.717) is 10.0 Å². The summed E-state index contributed by atoms with van der Waals surface area (Å²) in [5.41, 5.74) is 9.01. The van der Waals surface area contributed by atoms with Gasteiger partial charge in [-0.05, 0) is 126 Å². The monoisotopic (exact) mass is 1420 g/mol. The van der Waals surface area contributed by atoms with Gasteiger partial charge in [0.2, 0.25) is 0 Å². The molecule has 1 atom stereocenters. The lowest BCUT2D eigenvalue weighted by molar-refractivity contribution is -0.384. The number of halogens is 8. The fourth-order valence-electron chi connectivity index (χ4n) is 8.08. The molecule has 0 saturated heterocycles. The average molecular weight is 1430 g/mol. The van der Waals surface area contributed by atoms with E-state index >= 15 is 0 Å². The number of fused-ring (bicyclic) bond motifs is 6. The maximum Gasteiger partial charge on any atom is 0.278 e. The predicted molar refractivity (Wildman–Crippen MR) is 321 cm³/mol. The number of nitro benzene ring substituents is 1. The smallest absolute Gasteiger partial charge is 0.278 e. The minimum atomic E-state index is -0.373. The van der Waals surface area contributed by atoms with Gasteiger partial charge in [0.1, 0.15) is 0 Å². The molecule has 0 aliphatic rings.